The maximum Gasteiger partial charge on any atom is 0.257 e. The number of amides is 1. The zero-order chi connectivity index (χ0) is 21.6. The van der Waals surface area contributed by atoms with Crippen molar-refractivity contribution in [1.82, 2.24) is 19.6 Å². The molecule has 1 aliphatic heterocycles. The molecule has 0 saturated carbocycles. The first-order valence-electron chi connectivity index (χ1n) is 10.2. The van der Waals surface area contributed by atoms with Gasteiger partial charge in [0.15, 0.2) is 0 Å². The maximum absolute atomic E-state index is 12.9. The molecule has 1 fully saturated rings. The van der Waals surface area contributed by atoms with Gasteiger partial charge in [-0.05, 0) is 23.8 Å². The minimum absolute atomic E-state index is 0.0115. The third kappa shape index (κ3) is 5.58. The van der Waals surface area contributed by atoms with Gasteiger partial charge in [0, 0.05) is 43.9 Å². The third-order valence-corrected chi connectivity index (χ3v) is 6.01. The fourth-order valence-corrected chi connectivity index (χ4v) is 3.95. The number of ether oxygens (including phenoxy) is 1. The monoisotopic (exact) mass is 458 g/mol. The van der Waals surface area contributed by atoms with Crippen LogP contribution in [0.25, 0.3) is 0 Å². The molecule has 3 aromatic rings. The van der Waals surface area contributed by atoms with Crippen LogP contribution < -0.4 is 4.74 Å². The van der Waals surface area contributed by atoms with Crippen molar-refractivity contribution in [2.45, 2.75) is 6.54 Å². The molecule has 0 radical (unpaired) electrons. The molecule has 8 heteroatoms. The van der Waals surface area contributed by atoms with E-state index in [1.54, 1.807) is 17.1 Å². The van der Waals surface area contributed by atoms with Crippen LogP contribution in [-0.4, -0.2) is 64.8 Å². The minimum Gasteiger partial charge on any atom is -0.491 e. The van der Waals surface area contributed by atoms with Crippen molar-refractivity contribution in [2.75, 3.05) is 39.3 Å². The van der Waals surface area contributed by atoms with E-state index in [4.69, 9.17) is 27.9 Å². The topological polar surface area (TPSA) is 50.6 Å². The molecular formula is C23H24Cl2N4O2. The molecular weight excluding hydrogens is 435 g/mol. The lowest BCUT2D eigenvalue weighted by molar-refractivity contribution is 0.0620. The van der Waals surface area contributed by atoms with Gasteiger partial charge in [0.25, 0.3) is 5.91 Å². The van der Waals surface area contributed by atoms with E-state index in [9.17, 15) is 4.79 Å². The van der Waals surface area contributed by atoms with Gasteiger partial charge in [-0.3, -0.25) is 14.4 Å². The largest absolute Gasteiger partial charge is 0.491 e. The number of carbonyl (C=O) groups is 1. The van der Waals surface area contributed by atoms with E-state index in [0.717, 1.165) is 25.2 Å². The highest BCUT2D eigenvalue weighted by atomic mass is 35.5. The molecule has 0 unspecified atom stereocenters. The second-order valence-corrected chi connectivity index (χ2v) is 8.25. The van der Waals surface area contributed by atoms with Crippen LogP contribution in [0.2, 0.25) is 10.0 Å². The van der Waals surface area contributed by atoms with E-state index in [0.29, 0.717) is 47.6 Å². The first kappa shape index (κ1) is 21.7. The number of piperazine rings is 1. The average Bonchev–Trinajstić information content (AvgIpc) is 3.25. The second-order valence-electron chi connectivity index (χ2n) is 7.43. The van der Waals surface area contributed by atoms with Crippen molar-refractivity contribution in [3.63, 3.8) is 0 Å². The molecule has 2 heterocycles. The Morgan fingerprint density at radius 1 is 0.968 bits per heavy atom. The number of nitrogens with zero attached hydrogens (tertiary/aromatic N) is 4. The number of hydrogen-bond donors (Lipinski definition) is 0. The third-order valence-electron chi connectivity index (χ3n) is 5.33. The van der Waals surface area contributed by atoms with Crippen molar-refractivity contribution in [2.24, 2.45) is 0 Å². The zero-order valence-corrected chi connectivity index (χ0v) is 18.6. The van der Waals surface area contributed by atoms with Crippen molar-refractivity contribution in [3.8, 4) is 5.75 Å². The lowest BCUT2D eigenvalue weighted by Gasteiger charge is -2.34. The molecule has 1 amide bonds. The normalized spacial score (nSPS) is 14.6. The maximum atomic E-state index is 12.9. The van der Waals surface area contributed by atoms with Crippen LogP contribution >= 0.6 is 23.2 Å². The summed E-state index contributed by atoms with van der Waals surface area (Å²) in [5.74, 6) is 0.712. The summed E-state index contributed by atoms with van der Waals surface area (Å²) in [5.41, 5.74) is 1.57. The highest BCUT2D eigenvalue weighted by Crippen LogP contribution is 2.23. The van der Waals surface area contributed by atoms with Crippen LogP contribution in [-0.2, 0) is 6.54 Å². The Bertz CT molecular complexity index is 1030. The molecule has 2 aromatic carbocycles. The highest BCUT2D eigenvalue weighted by molar-refractivity contribution is 6.32. The van der Waals surface area contributed by atoms with E-state index in [-0.39, 0.29) is 5.91 Å². The lowest BCUT2D eigenvalue weighted by atomic mass is 10.2. The van der Waals surface area contributed by atoms with Gasteiger partial charge in [0.1, 0.15) is 12.4 Å². The summed E-state index contributed by atoms with van der Waals surface area (Å²) in [4.78, 5) is 17.0. The zero-order valence-electron chi connectivity index (χ0n) is 17.1. The summed E-state index contributed by atoms with van der Waals surface area (Å²) < 4.78 is 7.52. The number of rotatable bonds is 7. The SMILES string of the molecule is O=C(c1cnn(Cc2ccccc2Cl)c1)N1CCN(CCOc2ccccc2Cl)CC1. The number of carbonyl (C=O) groups excluding carboxylic acids is 1. The van der Waals surface area contributed by atoms with Gasteiger partial charge < -0.3 is 9.64 Å². The molecule has 0 bridgehead atoms. The van der Waals surface area contributed by atoms with Gasteiger partial charge in [-0.1, -0.05) is 53.5 Å². The number of benzene rings is 2. The number of para-hydroxylation sites is 1. The van der Waals surface area contributed by atoms with E-state index >= 15 is 0 Å². The minimum atomic E-state index is 0.0115. The summed E-state index contributed by atoms with van der Waals surface area (Å²) in [5, 5.41) is 5.65. The van der Waals surface area contributed by atoms with Crippen LogP contribution in [0.1, 0.15) is 15.9 Å². The van der Waals surface area contributed by atoms with Crippen LogP contribution in [0.4, 0.5) is 0 Å². The predicted octanol–water partition coefficient (Wildman–Crippen LogP) is 4.08. The molecule has 31 heavy (non-hydrogen) atoms. The van der Waals surface area contributed by atoms with Crippen molar-refractivity contribution in [3.05, 3.63) is 82.1 Å². The number of halogens is 2. The van der Waals surface area contributed by atoms with Crippen LogP contribution in [0.15, 0.2) is 60.9 Å². The quantitative estimate of drug-likeness (QED) is 0.535. The van der Waals surface area contributed by atoms with E-state index in [1.165, 1.54) is 0 Å². The molecule has 4 rings (SSSR count). The number of hydrogen-bond acceptors (Lipinski definition) is 4. The summed E-state index contributed by atoms with van der Waals surface area (Å²) in [6.45, 7) is 4.87. The summed E-state index contributed by atoms with van der Waals surface area (Å²) in [6, 6.07) is 15.1. The van der Waals surface area contributed by atoms with Gasteiger partial charge in [-0.15, -0.1) is 0 Å². The Morgan fingerprint density at radius 3 is 2.42 bits per heavy atom. The molecule has 1 aliphatic rings. The molecule has 0 atom stereocenters. The average molecular weight is 459 g/mol. The summed E-state index contributed by atoms with van der Waals surface area (Å²) in [7, 11) is 0. The van der Waals surface area contributed by atoms with Crippen molar-refractivity contribution in [1.29, 1.82) is 0 Å². The lowest BCUT2D eigenvalue weighted by Crippen LogP contribution is -2.49. The summed E-state index contributed by atoms with van der Waals surface area (Å²) >= 11 is 12.3. The van der Waals surface area contributed by atoms with E-state index < -0.39 is 0 Å². The first-order valence-corrected chi connectivity index (χ1v) is 11.0. The number of aromatic nitrogens is 2. The molecule has 162 valence electrons. The van der Waals surface area contributed by atoms with E-state index in [1.807, 2.05) is 53.4 Å². The first-order chi connectivity index (χ1) is 15.1. The fourth-order valence-electron chi connectivity index (χ4n) is 3.57. The molecule has 0 N–H and O–H groups in total. The summed E-state index contributed by atoms with van der Waals surface area (Å²) in [6.07, 6.45) is 3.42. The Kier molecular flexibility index (Phi) is 7.12. The Balaban J connectivity index is 1.24. The molecule has 0 aliphatic carbocycles. The standard InChI is InChI=1S/C23H24Cl2N4O2/c24-20-6-2-1-5-18(20)16-29-17-19(15-26-29)23(30)28-11-9-27(10-12-28)13-14-31-22-8-4-3-7-21(22)25/h1-8,15,17H,9-14,16H2. The van der Waals surface area contributed by atoms with Gasteiger partial charge >= 0.3 is 0 Å². The van der Waals surface area contributed by atoms with Crippen LogP contribution in [0.5, 0.6) is 5.75 Å². The van der Waals surface area contributed by atoms with Crippen LogP contribution in [0.3, 0.4) is 0 Å². The molecule has 0 spiro atoms. The van der Waals surface area contributed by atoms with E-state index in [2.05, 4.69) is 10.00 Å². The van der Waals surface area contributed by atoms with Gasteiger partial charge in [0.2, 0.25) is 0 Å². The predicted molar refractivity (Wildman–Crippen MR) is 122 cm³/mol. The van der Waals surface area contributed by atoms with Crippen LogP contribution in [0, 0.1) is 0 Å². The van der Waals surface area contributed by atoms with Gasteiger partial charge in [0.05, 0.1) is 23.3 Å². The Hall–Kier alpha value is -2.54. The molecule has 1 aromatic heterocycles. The Morgan fingerprint density at radius 2 is 1.68 bits per heavy atom. The van der Waals surface area contributed by atoms with Crippen molar-refractivity contribution >= 4 is 29.1 Å². The smallest absolute Gasteiger partial charge is 0.257 e. The highest BCUT2D eigenvalue weighted by Gasteiger charge is 2.23. The molecule has 6 nitrogen and oxygen atoms in total. The second kappa shape index (κ2) is 10.2. The fraction of sp³-hybridized carbons (Fsp3) is 0.304. The van der Waals surface area contributed by atoms with Crippen molar-refractivity contribution < 1.29 is 9.53 Å². The Labute approximate surface area is 191 Å². The van der Waals surface area contributed by atoms with Gasteiger partial charge in [-0.2, -0.15) is 5.10 Å². The van der Waals surface area contributed by atoms with Gasteiger partial charge in [-0.25, -0.2) is 0 Å². The molecule has 1 saturated heterocycles.